The Kier molecular flexibility index (Phi) is 2.31. The Hall–Kier alpha value is -1.29. The monoisotopic (exact) mass is 193 g/mol. The highest BCUT2D eigenvalue weighted by molar-refractivity contribution is 7.11. The smallest absolute Gasteiger partial charge is 0.0897 e. The van der Waals surface area contributed by atoms with E-state index in [9.17, 15) is 0 Å². The minimum atomic E-state index is 0.834. The van der Waals surface area contributed by atoms with E-state index in [1.54, 1.807) is 11.3 Å². The van der Waals surface area contributed by atoms with Gasteiger partial charge in [-0.3, -0.25) is 4.68 Å². The van der Waals surface area contributed by atoms with Crippen LogP contribution < -0.4 is 5.43 Å². The number of nitrogens with zero attached hydrogens (tertiary/aromatic N) is 2. The van der Waals surface area contributed by atoms with Gasteiger partial charge >= 0.3 is 0 Å². The summed E-state index contributed by atoms with van der Waals surface area (Å²) in [6, 6.07) is 3.98. The summed E-state index contributed by atoms with van der Waals surface area (Å²) in [7, 11) is 0. The van der Waals surface area contributed by atoms with Crippen LogP contribution in [0.5, 0.6) is 0 Å². The Balaban J connectivity index is 1.93. The highest BCUT2D eigenvalue weighted by Gasteiger charge is 1.96. The second kappa shape index (κ2) is 3.62. The SMILES string of the molecule is Cc1ncc(CNn2cccc2)s1. The zero-order chi connectivity index (χ0) is 9.10. The molecule has 0 fully saturated rings. The average molecular weight is 193 g/mol. The van der Waals surface area contributed by atoms with Gasteiger partial charge in [-0.25, -0.2) is 4.98 Å². The summed E-state index contributed by atoms with van der Waals surface area (Å²) in [5, 5.41) is 1.12. The van der Waals surface area contributed by atoms with Crippen LogP contribution in [0.2, 0.25) is 0 Å². The molecule has 0 bridgehead atoms. The van der Waals surface area contributed by atoms with Crippen molar-refractivity contribution in [3.05, 3.63) is 40.6 Å². The van der Waals surface area contributed by atoms with Gasteiger partial charge in [-0.1, -0.05) is 0 Å². The summed E-state index contributed by atoms with van der Waals surface area (Å²) in [5.74, 6) is 0. The van der Waals surface area contributed by atoms with Crippen molar-refractivity contribution in [1.29, 1.82) is 0 Å². The number of hydrogen-bond donors (Lipinski definition) is 1. The zero-order valence-electron chi connectivity index (χ0n) is 7.40. The maximum absolute atomic E-state index is 4.19. The van der Waals surface area contributed by atoms with Crippen LogP contribution in [0.3, 0.4) is 0 Å². The Morgan fingerprint density at radius 3 is 2.85 bits per heavy atom. The minimum absolute atomic E-state index is 0.834. The molecule has 1 N–H and O–H groups in total. The van der Waals surface area contributed by atoms with Gasteiger partial charge in [-0.2, -0.15) is 0 Å². The quantitative estimate of drug-likeness (QED) is 0.808. The van der Waals surface area contributed by atoms with Crippen molar-refractivity contribution in [2.75, 3.05) is 5.43 Å². The molecular weight excluding hydrogens is 182 g/mol. The lowest BCUT2D eigenvalue weighted by atomic mass is 10.6. The molecule has 4 heteroatoms. The second-order valence-corrected chi connectivity index (χ2v) is 4.09. The Morgan fingerprint density at radius 1 is 1.46 bits per heavy atom. The van der Waals surface area contributed by atoms with E-state index in [2.05, 4.69) is 10.4 Å². The van der Waals surface area contributed by atoms with E-state index >= 15 is 0 Å². The number of hydrogen-bond acceptors (Lipinski definition) is 3. The molecule has 0 spiro atoms. The first-order chi connectivity index (χ1) is 6.34. The predicted molar refractivity (Wildman–Crippen MR) is 54.3 cm³/mol. The van der Waals surface area contributed by atoms with Crippen molar-refractivity contribution in [2.45, 2.75) is 13.5 Å². The molecule has 0 saturated carbocycles. The number of nitrogens with one attached hydrogen (secondary N) is 1. The summed E-state index contributed by atoms with van der Waals surface area (Å²) >= 11 is 1.72. The molecule has 0 amide bonds. The summed E-state index contributed by atoms with van der Waals surface area (Å²) in [4.78, 5) is 5.44. The molecule has 0 aromatic carbocycles. The summed E-state index contributed by atoms with van der Waals surface area (Å²) in [6.45, 7) is 2.85. The largest absolute Gasteiger partial charge is 0.321 e. The number of thiazole rings is 1. The first kappa shape index (κ1) is 8.31. The van der Waals surface area contributed by atoms with Crippen LogP contribution in [0.25, 0.3) is 0 Å². The van der Waals surface area contributed by atoms with E-state index in [-0.39, 0.29) is 0 Å². The lowest BCUT2D eigenvalue weighted by Gasteiger charge is -2.04. The highest BCUT2D eigenvalue weighted by atomic mass is 32.1. The van der Waals surface area contributed by atoms with Crippen molar-refractivity contribution in [3.63, 3.8) is 0 Å². The van der Waals surface area contributed by atoms with Crippen LogP contribution in [0.4, 0.5) is 0 Å². The lowest BCUT2D eigenvalue weighted by molar-refractivity contribution is 0.854. The Morgan fingerprint density at radius 2 is 2.23 bits per heavy atom. The van der Waals surface area contributed by atoms with Crippen LogP contribution in [0, 0.1) is 6.92 Å². The summed E-state index contributed by atoms with van der Waals surface area (Å²) < 4.78 is 1.94. The van der Waals surface area contributed by atoms with Crippen molar-refractivity contribution >= 4 is 11.3 Å². The second-order valence-electron chi connectivity index (χ2n) is 2.77. The van der Waals surface area contributed by atoms with Gasteiger partial charge in [0.05, 0.1) is 11.6 Å². The van der Waals surface area contributed by atoms with Gasteiger partial charge in [0.2, 0.25) is 0 Å². The predicted octanol–water partition coefficient (Wildman–Crippen LogP) is 2.00. The van der Waals surface area contributed by atoms with E-state index < -0.39 is 0 Å². The highest BCUT2D eigenvalue weighted by Crippen LogP contribution is 2.10. The van der Waals surface area contributed by atoms with Gasteiger partial charge in [0.15, 0.2) is 0 Å². The minimum Gasteiger partial charge on any atom is -0.321 e. The molecule has 2 aromatic rings. The van der Waals surface area contributed by atoms with Crippen molar-refractivity contribution in [3.8, 4) is 0 Å². The zero-order valence-corrected chi connectivity index (χ0v) is 8.21. The lowest BCUT2D eigenvalue weighted by Crippen LogP contribution is -2.10. The Bertz CT molecular complexity index is 364. The number of aromatic nitrogens is 2. The molecule has 0 unspecified atom stereocenters. The summed E-state index contributed by atoms with van der Waals surface area (Å²) in [6.07, 6.45) is 5.87. The van der Waals surface area contributed by atoms with Gasteiger partial charge in [0.1, 0.15) is 0 Å². The molecular formula is C9H11N3S. The molecule has 0 aliphatic carbocycles. The molecule has 2 aromatic heterocycles. The first-order valence-electron chi connectivity index (χ1n) is 4.13. The van der Waals surface area contributed by atoms with Gasteiger partial charge in [-0.05, 0) is 19.1 Å². The van der Waals surface area contributed by atoms with E-state index in [4.69, 9.17) is 0 Å². The van der Waals surface area contributed by atoms with Crippen LogP contribution in [0.1, 0.15) is 9.88 Å². The average Bonchev–Trinajstić information content (AvgIpc) is 2.71. The summed E-state index contributed by atoms with van der Waals surface area (Å²) in [5.41, 5.74) is 3.24. The Labute approximate surface area is 81.0 Å². The fourth-order valence-electron chi connectivity index (χ4n) is 1.10. The molecule has 0 aliphatic heterocycles. The standard InChI is InChI=1S/C9H11N3S/c1-8-10-6-9(13-8)7-11-12-4-2-3-5-12/h2-6,11H,7H2,1H3. The van der Waals surface area contributed by atoms with Gasteiger partial charge in [0, 0.05) is 23.5 Å². The fraction of sp³-hybridized carbons (Fsp3) is 0.222. The van der Waals surface area contributed by atoms with E-state index in [0.29, 0.717) is 0 Å². The van der Waals surface area contributed by atoms with Gasteiger partial charge in [-0.15, -0.1) is 11.3 Å². The normalized spacial score (nSPS) is 10.2. The molecule has 0 aliphatic rings. The number of rotatable bonds is 3. The fourth-order valence-corrected chi connectivity index (χ4v) is 1.82. The molecule has 0 atom stereocenters. The topological polar surface area (TPSA) is 29.9 Å². The van der Waals surface area contributed by atoms with Crippen LogP contribution in [-0.2, 0) is 6.54 Å². The van der Waals surface area contributed by atoms with Gasteiger partial charge in [0.25, 0.3) is 0 Å². The van der Waals surface area contributed by atoms with Crippen LogP contribution >= 0.6 is 11.3 Å². The molecule has 2 heterocycles. The molecule has 68 valence electrons. The van der Waals surface area contributed by atoms with E-state index in [0.717, 1.165) is 11.6 Å². The first-order valence-corrected chi connectivity index (χ1v) is 4.94. The third-order valence-electron chi connectivity index (χ3n) is 1.71. The van der Waals surface area contributed by atoms with E-state index in [1.807, 2.05) is 42.3 Å². The maximum atomic E-state index is 4.19. The number of aryl methyl sites for hydroxylation is 1. The van der Waals surface area contributed by atoms with Crippen molar-refractivity contribution in [2.24, 2.45) is 0 Å². The van der Waals surface area contributed by atoms with Crippen LogP contribution in [0.15, 0.2) is 30.7 Å². The third kappa shape index (κ3) is 2.09. The van der Waals surface area contributed by atoms with Crippen LogP contribution in [-0.4, -0.2) is 9.66 Å². The van der Waals surface area contributed by atoms with Gasteiger partial charge < -0.3 is 5.43 Å². The molecule has 13 heavy (non-hydrogen) atoms. The van der Waals surface area contributed by atoms with Crippen molar-refractivity contribution < 1.29 is 0 Å². The molecule has 2 rings (SSSR count). The molecule has 3 nitrogen and oxygen atoms in total. The molecule has 0 saturated heterocycles. The van der Waals surface area contributed by atoms with E-state index in [1.165, 1.54) is 4.88 Å². The molecule has 0 radical (unpaired) electrons. The third-order valence-corrected chi connectivity index (χ3v) is 2.62. The van der Waals surface area contributed by atoms with Crippen molar-refractivity contribution in [1.82, 2.24) is 9.66 Å². The maximum Gasteiger partial charge on any atom is 0.0897 e.